The minimum absolute atomic E-state index is 0.530. The molecule has 16 heavy (non-hydrogen) atoms. The molecule has 0 aromatic heterocycles. The highest BCUT2D eigenvalue weighted by atomic mass is 35.5. The maximum atomic E-state index is 9.12. The number of halogens is 1. The maximum Gasteiger partial charge on any atom is 0.103 e. The molecule has 3 heteroatoms. The Labute approximate surface area is 102 Å². The van der Waals surface area contributed by atoms with Gasteiger partial charge in [0.25, 0.3) is 0 Å². The second kappa shape index (κ2) is 5.77. The zero-order chi connectivity index (χ0) is 12.1. The van der Waals surface area contributed by atoms with Crippen molar-refractivity contribution in [2.24, 2.45) is 5.92 Å². The SMILES string of the molecule is CCN(CC(C)C)c1cccc(Cl)c1C#N. The number of hydrogen-bond acceptors (Lipinski definition) is 2. The van der Waals surface area contributed by atoms with Crippen LogP contribution < -0.4 is 4.90 Å². The van der Waals surface area contributed by atoms with Crippen LogP contribution >= 0.6 is 11.6 Å². The fourth-order valence-electron chi connectivity index (χ4n) is 1.73. The van der Waals surface area contributed by atoms with Crippen molar-refractivity contribution in [1.29, 1.82) is 5.26 Å². The Balaban J connectivity index is 3.10. The van der Waals surface area contributed by atoms with E-state index in [1.165, 1.54) is 0 Å². The first-order valence-electron chi connectivity index (χ1n) is 5.53. The van der Waals surface area contributed by atoms with Gasteiger partial charge in [-0.15, -0.1) is 0 Å². The maximum absolute atomic E-state index is 9.12. The zero-order valence-corrected chi connectivity index (χ0v) is 10.8. The first-order valence-corrected chi connectivity index (χ1v) is 5.91. The highest BCUT2D eigenvalue weighted by molar-refractivity contribution is 6.32. The lowest BCUT2D eigenvalue weighted by Gasteiger charge is -2.26. The van der Waals surface area contributed by atoms with Crippen molar-refractivity contribution in [2.75, 3.05) is 18.0 Å². The number of anilines is 1. The lowest BCUT2D eigenvalue weighted by molar-refractivity contribution is 0.618. The van der Waals surface area contributed by atoms with E-state index in [1.807, 2.05) is 12.1 Å². The molecule has 0 amide bonds. The lowest BCUT2D eigenvalue weighted by atomic mass is 10.1. The smallest absolute Gasteiger partial charge is 0.103 e. The quantitative estimate of drug-likeness (QED) is 0.797. The molecule has 0 bridgehead atoms. The minimum atomic E-state index is 0.530. The molecule has 1 aromatic rings. The van der Waals surface area contributed by atoms with Gasteiger partial charge in [0, 0.05) is 13.1 Å². The van der Waals surface area contributed by atoms with Crippen LogP contribution in [0.3, 0.4) is 0 Å². The van der Waals surface area contributed by atoms with E-state index in [4.69, 9.17) is 16.9 Å². The van der Waals surface area contributed by atoms with Gasteiger partial charge in [0.1, 0.15) is 6.07 Å². The molecule has 0 spiro atoms. The fourth-order valence-corrected chi connectivity index (χ4v) is 1.94. The van der Waals surface area contributed by atoms with Crippen LogP contribution in [0.2, 0.25) is 5.02 Å². The average molecular weight is 237 g/mol. The van der Waals surface area contributed by atoms with Crippen molar-refractivity contribution in [3.63, 3.8) is 0 Å². The van der Waals surface area contributed by atoms with Gasteiger partial charge in [0.05, 0.1) is 16.3 Å². The van der Waals surface area contributed by atoms with E-state index in [2.05, 4.69) is 31.7 Å². The second-order valence-corrected chi connectivity index (χ2v) is 4.59. The molecule has 1 aromatic carbocycles. The van der Waals surface area contributed by atoms with Crippen LogP contribution in [0.1, 0.15) is 26.3 Å². The summed E-state index contributed by atoms with van der Waals surface area (Å²) in [6.07, 6.45) is 0. The predicted octanol–water partition coefficient (Wildman–Crippen LogP) is 3.69. The largest absolute Gasteiger partial charge is 0.370 e. The summed E-state index contributed by atoms with van der Waals surface area (Å²) in [5.74, 6) is 0.561. The van der Waals surface area contributed by atoms with Crippen molar-refractivity contribution >= 4 is 17.3 Å². The molecule has 0 heterocycles. The summed E-state index contributed by atoms with van der Waals surface area (Å²) in [6.45, 7) is 8.24. The van der Waals surface area contributed by atoms with Crippen molar-refractivity contribution in [1.82, 2.24) is 0 Å². The minimum Gasteiger partial charge on any atom is -0.370 e. The lowest BCUT2D eigenvalue weighted by Crippen LogP contribution is -2.27. The number of nitrogens with zero attached hydrogens (tertiary/aromatic N) is 2. The van der Waals surface area contributed by atoms with Crippen molar-refractivity contribution < 1.29 is 0 Å². The van der Waals surface area contributed by atoms with E-state index < -0.39 is 0 Å². The Morgan fingerprint density at radius 3 is 2.62 bits per heavy atom. The van der Waals surface area contributed by atoms with E-state index >= 15 is 0 Å². The van der Waals surface area contributed by atoms with Gasteiger partial charge in [-0.05, 0) is 25.0 Å². The number of nitriles is 1. The predicted molar refractivity (Wildman–Crippen MR) is 68.9 cm³/mol. The Morgan fingerprint density at radius 2 is 2.12 bits per heavy atom. The molecule has 0 N–H and O–H groups in total. The van der Waals surface area contributed by atoms with Gasteiger partial charge in [-0.25, -0.2) is 0 Å². The summed E-state index contributed by atoms with van der Waals surface area (Å²) in [6, 6.07) is 7.78. The molecule has 0 atom stereocenters. The van der Waals surface area contributed by atoms with Crippen molar-refractivity contribution in [3.8, 4) is 6.07 Å². The topological polar surface area (TPSA) is 27.0 Å². The molecule has 86 valence electrons. The third-order valence-corrected chi connectivity index (χ3v) is 2.73. The highest BCUT2D eigenvalue weighted by Gasteiger charge is 2.13. The Morgan fingerprint density at radius 1 is 1.44 bits per heavy atom. The molecule has 0 aliphatic rings. The molecule has 0 saturated carbocycles. The first kappa shape index (κ1) is 12.9. The molecule has 0 aliphatic carbocycles. The number of hydrogen-bond donors (Lipinski definition) is 0. The summed E-state index contributed by atoms with van der Waals surface area (Å²) >= 11 is 6.02. The molecule has 0 aliphatic heterocycles. The zero-order valence-electron chi connectivity index (χ0n) is 10.00. The van der Waals surface area contributed by atoms with Gasteiger partial charge >= 0.3 is 0 Å². The third kappa shape index (κ3) is 2.90. The van der Waals surface area contributed by atoms with Crippen molar-refractivity contribution in [3.05, 3.63) is 28.8 Å². The summed E-state index contributed by atoms with van der Waals surface area (Å²) in [5, 5.41) is 9.65. The second-order valence-electron chi connectivity index (χ2n) is 4.18. The third-order valence-electron chi connectivity index (χ3n) is 2.41. The Kier molecular flexibility index (Phi) is 4.64. The number of rotatable bonds is 4. The summed E-state index contributed by atoms with van der Waals surface area (Å²) in [7, 11) is 0. The summed E-state index contributed by atoms with van der Waals surface area (Å²) < 4.78 is 0. The Hall–Kier alpha value is -1.20. The molecule has 0 unspecified atom stereocenters. The average Bonchev–Trinajstić information content (AvgIpc) is 2.25. The van der Waals surface area contributed by atoms with Crippen LogP contribution in [0.4, 0.5) is 5.69 Å². The van der Waals surface area contributed by atoms with Gasteiger partial charge in [-0.1, -0.05) is 31.5 Å². The first-order chi connectivity index (χ1) is 7.60. The van der Waals surface area contributed by atoms with Crippen LogP contribution in [0.15, 0.2) is 18.2 Å². The van der Waals surface area contributed by atoms with Gasteiger partial charge in [-0.2, -0.15) is 5.26 Å². The van der Waals surface area contributed by atoms with E-state index in [0.717, 1.165) is 18.8 Å². The van der Waals surface area contributed by atoms with E-state index in [-0.39, 0.29) is 0 Å². The normalized spacial score (nSPS) is 10.2. The van der Waals surface area contributed by atoms with Crippen LogP contribution in [0.5, 0.6) is 0 Å². The van der Waals surface area contributed by atoms with Crippen LogP contribution in [-0.4, -0.2) is 13.1 Å². The molecular formula is C13H17ClN2. The fraction of sp³-hybridized carbons (Fsp3) is 0.462. The molecular weight excluding hydrogens is 220 g/mol. The van der Waals surface area contributed by atoms with Crippen LogP contribution in [0.25, 0.3) is 0 Å². The standard InChI is InChI=1S/C13H17ClN2/c1-4-16(9-10(2)3)13-7-5-6-12(14)11(13)8-15/h5-7,10H,4,9H2,1-3H3. The molecule has 0 fully saturated rings. The molecule has 2 nitrogen and oxygen atoms in total. The monoisotopic (exact) mass is 236 g/mol. The summed E-state index contributed by atoms with van der Waals surface area (Å²) in [4.78, 5) is 2.19. The van der Waals surface area contributed by atoms with Gasteiger partial charge in [0.2, 0.25) is 0 Å². The highest BCUT2D eigenvalue weighted by Crippen LogP contribution is 2.27. The van der Waals surface area contributed by atoms with Crippen LogP contribution in [0, 0.1) is 17.2 Å². The van der Waals surface area contributed by atoms with Gasteiger partial charge in [0.15, 0.2) is 0 Å². The number of benzene rings is 1. The van der Waals surface area contributed by atoms with Gasteiger partial charge < -0.3 is 4.90 Å². The van der Waals surface area contributed by atoms with Crippen LogP contribution in [-0.2, 0) is 0 Å². The van der Waals surface area contributed by atoms with Gasteiger partial charge in [-0.3, -0.25) is 0 Å². The van der Waals surface area contributed by atoms with Crippen molar-refractivity contribution in [2.45, 2.75) is 20.8 Å². The molecule has 0 saturated heterocycles. The molecule has 0 radical (unpaired) electrons. The van der Waals surface area contributed by atoms with E-state index in [0.29, 0.717) is 16.5 Å². The Bertz CT molecular complexity index is 393. The van der Waals surface area contributed by atoms with E-state index in [9.17, 15) is 0 Å². The molecule has 1 rings (SSSR count). The van der Waals surface area contributed by atoms with E-state index in [1.54, 1.807) is 6.07 Å². The summed E-state index contributed by atoms with van der Waals surface area (Å²) in [5.41, 5.74) is 1.51.